The van der Waals surface area contributed by atoms with Crippen molar-refractivity contribution in [2.24, 2.45) is 0 Å². The number of hydrogen-bond acceptors (Lipinski definition) is 5. The second-order valence-corrected chi connectivity index (χ2v) is 7.45. The molecule has 0 saturated carbocycles. The molecule has 1 amide bonds. The van der Waals surface area contributed by atoms with Crippen molar-refractivity contribution in [3.8, 4) is 11.5 Å². The Bertz CT molecular complexity index is 1250. The van der Waals surface area contributed by atoms with Crippen LogP contribution in [0, 0.1) is 12.7 Å². The van der Waals surface area contributed by atoms with Crippen molar-refractivity contribution in [3.63, 3.8) is 0 Å². The average Bonchev–Trinajstić information content (AvgIpc) is 2.74. The summed E-state index contributed by atoms with van der Waals surface area (Å²) in [5.41, 5.74) is -0.527. The number of aryl methyl sites for hydroxylation is 1. The van der Waals surface area contributed by atoms with Gasteiger partial charge in [-0.25, -0.2) is 4.39 Å². The number of carbonyl (C=O) groups is 1. The fourth-order valence-electron chi connectivity index (χ4n) is 3.67. The molecule has 1 atom stereocenters. The van der Waals surface area contributed by atoms with Crippen molar-refractivity contribution in [2.75, 3.05) is 6.61 Å². The first-order valence-corrected chi connectivity index (χ1v) is 9.74. The summed E-state index contributed by atoms with van der Waals surface area (Å²) in [7, 11) is 0. The van der Waals surface area contributed by atoms with Crippen LogP contribution < -0.4 is 20.3 Å². The van der Waals surface area contributed by atoms with Crippen LogP contribution in [0.2, 0.25) is 0 Å². The van der Waals surface area contributed by atoms with E-state index in [1.165, 1.54) is 30.6 Å². The number of rotatable bonds is 4. The lowest BCUT2D eigenvalue weighted by Gasteiger charge is -2.39. The summed E-state index contributed by atoms with van der Waals surface area (Å²) in [6, 6.07) is 7.11. The van der Waals surface area contributed by atoms with Gasteiger partial charge in [-0.15, -0.1) is 13.2 Å². The number of nitrogens with zero attached hydrogens (tertiary/aromatic N) is 1. The molecule has 1 aliphatic rings. The summed E-state index contributed by atoms with van der Waals surface area (Å²) in [5.74, 6) is -2.53. The van der Waals surface area contributed by atoms with E-state index >= 15 is 0 Å². The number of ether oxygens (including phenoxy) is 2. The Morgan fingerprint density at radius 1 is 1.24 bits per heavy atom. The molecule has 0 saturated heterocycles. The van der Waals surface area contributed by atoms with Crippen molar-refractivity contribution in [2.45, 2.75) is 25.2 Å². The summed E-state index contributed by atoms with van der Waals surface area (Å²) in [5, 5.41) is 2.82. The first-order chi connectivity index (χ1) is 15.6. The van der Waals surface area contributed by atoms with Gasteiger partial charge in [0.15, 0.2) is 11.6 Å². The van der Waals surface area contributed by atoms with Crippen molar-refractivity contribution in [3.05, 3.63) is 87.3 Å². The van der Waals surface area contributed by atoms with Crippen molar-refractivity contribution in [1.29, 1.82) is 0 Å². The lowest BCUT2D eigenvalue weighted by atomic mass is 9.81. The zero-order valence-electron chi connectivity index (χ0n) is 17.1. The first kappa shape index (κ1) is 22.3. The predicted molar refractivity (Wildman–Crippen MR) is 107 cm³/mol. The van der Waals surface area contributed by atoms with Crippen LogP contribution in [0.25, 0.3) is 0 Å². The van der Waals surface area contributed by atoms with Gasteiger partial charge in [-0.1, -0.05) is 6.07 Å². The topological polar surface area (TPSA) is 93.3 Å². The van der Waals surface area contributed by atoms with Gasteiger partial charge in [0.05, 0.1) is 12.2 Å². The number of hydrogen-bond donors (Lipinski definition) is 2. The Labute approximate surface area is 184 Å². The maximum Gasteiger partial charge on any atom is 0.573 e. The van der Waals surface area contributed by atoms with Crippen LogP contribution in [0.5, 0.6) is 11.5 Å². The van der Waals surface area contributed by atoms with Crippen LogP contribution in [-0.4, -0.2) is 28.8 Å². The molecule has 2 aromatic heterocycles. The van der Waals surface area contributed by atoms with Gasteiger partial charge >= 0.3 is 6.36 Å². The zero-order valence-corrected chi connectivity index (χ0v) is 17.1. The Kier molecular flexibility index (Phi) is 5.56. The Morgan fingerprint density at radius 2 is 2.03 bits per heavy atom. The van der Waals surface area contributed by atoms with Crippen LogP contribution in [0.1, 0.15) is 33.6 Å². The number of carbonyl (C=O) groups excluding carboxylic acids is 1. The van der Waals surface area contributed by atoms with Gasteiger partial charge in [0.2, 0.25) is 5.56 Å². The highest BCUT2D eigenvalue weighted by Crippen LogP contribution is 2.42. The van der Waals surface area contributed by atoms with Gasteiger partial charge in [-0.3, -0.25) is 14.6 Å². The second kappa shape index (κ2) is 8.23. The van der Waals surface area contributed by atoms with E-state index in [1.54, 1.807) is 13.0 Å². The molecule has 1 aliphatic heterocycles. The molecule has 0 spiro atoms. The summed E-state index contributed by atoms with van der Waals surface area (Å²) in [6.45, 7) is 1.90. The molecule has 0 fully saturated rings. The minimum absolute atomic E-state index is 0.115. The third kappa shape index (κ3) is 4.52. The van der Waals surface area contributed by atoms with E-state index in [9.17, 15) is 27.2 Å². The van der Waals surface area contributed by atoms with Crippen molar-refractivity contribution < 1.29 is 31.8 Å². The van der Waals surface area contributed by atoms with Gasteiger partial charge < -0.3 is 19.8 Å². The van der Waals surface area contributed by atoms with Gasteiger partial charge in [-0.2, -0.15) is 0 Å². The van der Waals surface area contributed by atoms with E-state index in [0.29, 0.717) is 5.75 Å². The third-order valence-corrected chi connectivity index (χ3v) is 5.15. The molecule has 11 heteroatoms. The molecular formula is C22H17F4N3O4. The monoisotopic (exact) mass is 463 g/mol. The molecule has 2 N–H and O–H groups in total. The van der Waals surface area contributed by atoms with Crippen molar-refractivity contribution in [1.82, 2.24) is 15.3 Å². The highest BCUT2D eigenvalue weighted by molar-refractivity contribution is 5.94. The van der Waals surface area contributed by atoms with Gasteiger partial charge in [0.1, 0.15) is 17.0 Å². The summed E-state index contributed by atoms with van der Waals surface area (Å²) in [6.07, 6.45) is -2.20. The minimum Gasteiger partial charge on any atom is -0.491 e. The molecular weight excluding hydrogens is 446 g/mol. The normalized spacial score (nSPS) is 17.6. The smallest absolute Gasteiger partial charge is 0.491 e. The standard InChI is InChI=1S/C22H17F4N3O4/c1-12-8-17-19(28-10-12)21(6-7-32-17,29-20(31)13-2-5-18(30)27-11-13)14-3-4-16(15(23)9-14)33-22(24,25)26/h2-5,8-11H,6-7H2,1H3,(H,27,30)(H,29,31). The molecule has 3 aromatic rings. The van der Waals surface area contributed by atoms with Gasteiger partial charge in [-0.05, 0) is 42.3 Å². The van der Waals surface area contributed by atoms with Crippen LogP contribution in [-0.2, 0) is 5.54 Å². The number of fused-ring (bicyclic) bond motifs is 1. The number of amides is 1. The number of nitrogens with one attached hydrogen (secondary N) is 2. The second-order valence-electron chi connectivity index (χ2n) is 7.45. The van der Waals surface area contributed by atoms with E-state index in [4.69, 9.17) is 4.74 Å². The molecule has 0 aliphatic carbocycles. The highest BCUT2D eigenvalue weighted by Gasteiger charge is 2.43. The Morgan fingerprint density at radius 3 is 2.70 bits per heavy atom. The third-order valence-electron chi connectivity index (χ3n) is 5.15. The predicted octanol–water partition coefficient (Wildman–Crippen LogP) is 3.57. The average molecular weight is 463 g/mol. The van der Waals surface area contributed by atoms with E-state index in [0.717, 1.165) is 17.7 Å². The number of benzene rings is 1. The van der Waals surface area contributed by atoms with E-state index in [-0.39, 0.29) is 29.8 Å². The summed E-state index contributed by atoms with van der Waals surface area (Å²) >= 11 is 0. The Balaban J connectivity index is 1.83. The lowest BCUT2D eigenvalue weighted by molar-refractivity contribution is -0.275. The molecule has 1 aromatic carbocycles. The van der Waals surface area contributed by atoms with Crippen LogP contribution >= 0.6 is 0 Å². The van der Waals surface area contributed by atoms with Crippen LogP contribution in [0.4, 0.5) is 17.6 Å². The number of alkyl halides is 3. The molecule has 33 heavy (non-hydrogen) atoms. The molecule has 7 nitrogen and oxygen atoms in total. The van der Waals surface area contributed by atoms with E-state index < -0.39 is 34.9 Å². The maximum absolute atomic E-state index is 14.6. The molecule has 4 rings (SSSR count). The first-order valence-electron chi connectivity index (χ1n) is 9.74. The molecule has 172 valence electrons. The van der Waals surface area contributed by atoms with E-state index in [1.807, 2.05) is 0 Å². The largest absolute Gasteiger partial charge is 0.573 e. The number of H-pyrrole nitrogens is 1. The molecule has 0 bridgehead atoms. The molecule has 0 radical (unpaired) electrons. The number of pyridine rings is 2. The fourth-order valence-corrected chi connectivity index (χ4v) is 3.67. The number of aromatic nitrogens is 2. The SMILES string of the molecule is Cc1cnc2c(c1)OCCC2(NC(=O)c1ccc(=O)[nH]c1)c1ccc(OC(F)(F)F)c(F)c1. The maximum atomic E-state index is 14.6. The lowest BCUT2D eigenvalue weighted by Crippen LogP contribution is -2.50. The minimum atomic E-state index is -5.07. The van der Waals surface area contributed by atoms with E-state index in [2.05, 4.69) is 20.0 Å². The Hall–Kier alpha value is -3.89. The summed E-state index contributed by atoms with van der Waals surface area (Å²) < 4.78 is 61.7. The highest BCUT2D eigenvalue weighted by atomic mass is 19.4. The van der Waals surface area contributed by atoms with Crippen molar-refractivity contribution >= 4 is 5.91 Å². The number of aromatic amines is 1. The molecule has 1 unspecified atom stereocenters. The van der Waals surface area contributed by atoms with Crippen LogP contribution in [0.3, 0.4) is 0 Å². The molecule has 3 heterocycles. The number of halogens is 4. The fraction of sp³-hybridized carbons (Fsp3) is 0.227. The summed E-state index contributed by atoms with van der Waals surface area (Å²) in [4.78, 5) is 31.2. The van der Waals surface area contributed by atoms with Crippen LogP contribution in [0.15, 0.2) is 53.6 Å². The quantitative estimate of drug-likeness (QED) is 0.577. The van der Waals surface area contributed by atoms with Gasteiger partial charge in [0.25, 0.3) is 5.91 Å². The zero-order chi connectivity index (χ0) is 23.8. The van der Waals surface area contributed by atoms with Gasteiger partial charge in [0, 0.05) is 24.9 Å².